The van der Waals surface area contributed by atoms with Crippen LogP contribution in [0, 0.1) is 5.39 Å². The summed E-state index contributed by atoms with van der Waals surface area (Å²) in [5, 5.41) is 22.1. The molecule has 0 radical (unpaired) electrons. The molecule has 2 aromatic rings. The molecule has 2 fully saturated rings. The summed E-state index contributed by atoms with van der Waals surface area (Å²) in [6.07, 6.45) is -3.21. The normalized spacial score (nSPS) is 34.6. The summed E-state index contributed by atoms with van der Waals surface area (Å²) >= 11 is 0. The fourth-order valence-electron chi connectivity index (χ4n) is 2.84. The molecule has 132 valence electrons. The first-order valence-electron chi connectivity index (χ1n) is 6.99. The maximum Gasteiger partial charge on any atom is 0.472 e. The second-order valence-electron chi connectivity index (χ2n) is 5.34. The molecule has 0 aromatic carbocycles. The van der Waals surface area contributed by atoms with Crippen molar-refractivity contribution in [2.75, 3.05) is 17.8 Å². The lowest BCUT2D eigenvalue weighted by Crippen LogP contribution is -2.39. The van der Waals surface area contributed by atoms with Crippen molar-refractivity contribution < 1.29 is 28.3 Å². The van der Waals surface area contributed by atoms with E-state index in [-0.39, 0.29) is 29.5 Å². The quantitative estimate of drug-likeness (QED) is 0.296. The Morgan fingerprint density at radius 2 is 2.32 bits per heavy atom. The lowest BCUT2D eigenvalue weighted by molar-refractivity contribution is -0.0659. The van der Waals surface area contributed by atoms with Gasteiger partial charge in [-0.1, -0.05) is 0 Å². The Labute approximate surface area is 138 Å². The van der Waals surface area contributed by atoms with Gasteiger partial charge in [0.05, 0.1) is 6.61 Å². The van der Waals surface area contributed by atoms with Crippen LogP contribution < -0.4 is 11.2 Å². The molecular weight excluding hydrogens is 359 g/mol. The lowest BCUT2D eigenvalue weighted by Gasteiger charge is -2.27. The van der Waals surface area contributed by atoms with Crippen LogP contribution in [0.15, 0.2) is 6.33 Å². The zero-order valence-corrected chi connectivity index (χ0v) is 13.2. The summed E-state index contributed by atoms with van der Waals surface area (Å²) in [4.78, 5) is 21.4. The third-order valence-corrected chi connectivity index (χ3v) is 4.86. The van der Waals surface area contributed by atoms with Crippen LogP contribution in [0.25, 0.3) is 16.2 Å². The van der Waals surface area contributed by atoms with Gasteiger partial charge in [0.15, 0.2) is 23.2 Å². The fourth-order valence-corrected chi connectivity index (χ4v) is 3.80. The van der Waals surface area contributed by atoms with E-state index in [0.29, 0.717) is 0 Å². The van der Waals surface area contributed by atoms with Crippen molar-refractivity contribution in [1.82, 2.24) is 19.5 Å². The largest absolute Gasteiger partial charge is 0.472 e. The second kappa shape index (κ2) is 5.56. The number of hydrogen-bond acceptors (Lipinski definition) is 11. The molecule has 4 heterocycles. The van der Waals surface area contributed by atoms with Crippen LogP contribution in [-0.2, 0) is 18.3 Å². The highest BCUT2D eigenvalue weighted by atomic mass is 31.2. The number of nitrogens with one attached hydrogen (secondary N) is 1. The molecule has 2 saturated heterocycles. The Hall–Kier alpha value is -2.40. The number of rotatable bonds is 2. The third-order valence-electron chi connectivity index (χ3n) is 3.88. The zero-order chi connectivity index (χ0) is 17.8. The van der Waals surface area contributed by atoms with Crippen LogP contribution >= 0.6 is 7.82 Å². The number of phosphoric ester groups is 1. The Morgan fingerprint density at radius 3 is 3.08 bits per heavy atom. The number of fused-ring (bicyclic) bond motifs is 2. The molecule has 25 heavy (non-hydrogen) atoms. The molecule has 14 nitrogen and oxygen atoms in total. The van der Waals surface area contributed by atoms with Gasteiger partial charge in [-0.25, -0.2) is 19.5 Å². The fraction of sp³-hybridized carbons (Fsp3) is 0.500. The third kappa shape index (κ3) is 2.50. The van der Waals surface area contributed by atoms with Crippen molar-refractivity contribution in [1.29, 1.82) is 5.39 Å². The minimum Gasteiger partial charge on any atom is -0.386 e. The van der Waals surface area contributed by atoms with E-state index in [9.17, 15) is 14.6 Å². The number of nitrogens with two attached hydrogens (primary N) is 1. The molecule has 15 heteroatoms. The first-order valence-corrected chi connectivity index (χ1v) is 8.48. The first kappa shape index (κ1) is 16.1. The van der Waals surface area contributed by atoms with Crippen LogP contribution in [0.5, 0.6) is 0 Å². The van der Waals surface area contributed by atoms with Crippen molar-refractivity contribution in [3.8, 4) is 0 Å². The molecule has 0 spiro atoms. The molecule has 0 saturated carbocycles. The minimum atomic E-state index is -4.26. The standard InChI is InChI=1S/C10H11N8O6P/c11-7-4-8(14-2-13-7)18(10(15-4)16-17-12)9-5(19)6-3(23-9)1-22-25(20,21)24-6/h2-3,5-6,9,11-12,19H,1H2,(H,20,21)/p+1. The molecular formula is C10H12N8O6P+. The number of phosphoric acid groups is 1. The molecule has 0 bridgehead atoms. The SMILES string of the molecule is N#[N+]Nc1nc2c(N)ncnc2n1C1OC2COP(=O)(O)OC2C1O. The lowest BCUT2D eigenvalue weighted by atomic mass is 10.1. The van der Waals surface area contributed by atoms with E-state index in [0.717, 1.165) is 0 Å². The molecule has 2 aromatic heterocycles. The van der Waals surface area contributed by atoms with Crippen molar-refractivity contribution >= 4 is 30.8 Å². The number of aliphatic hydroxyl groups is 1. The molecule has 5 N–H and O–H groups in total. The van der Waals surface area contributed by atoms with Gasteiger partial charge >= 0.3 is 12.9 Å². The van der Waals surface area contributed by atoms with E-state index >= 15 is 0 Å². The summed E-state index contributed by atoms with van der Waals surface area (Å²) in [6.45, 7) is -0.247. The number of imidazole rings is 1. The predicted octanol–water partition coefficient (Wildman–Crippen LogP) is -0.637. The Kier molecular flexibility index (Phi) is 3.58. The van der Waals surface area contributed by atoms with Gasteiger partial charge in [-0.3, -0.25) is 13.6 Å². The number of diazo groups is 1. The first-order chi connectivity index (χ1) is 11.9. The Morgan fingerprint density at radius 1 is 1.52 bits per heavy atom. The Balaban J connectivity index is 1.80. The molecule has 0 aliphatic carbocycles. The van der Waals surface area contributed by atoms with E-state index in [1.807, 2.05) is 0 Å². The monoisotopic (exact) mass is 371 g/mol. The van der Waals surface area contributed by atoms with Crippen LogP contribution in [-0.4, -0.2) is 54.4 Å². The number of aliphatic hydroxyl groups excluding tert-OH is 1. The highest BCUT2D eigenvalue weighted by Crippen LogP contribution is 2.52. The molecule has 4 rings (SSSR count). The highest BCUT2D eigenvalue weighted by molar-refractivity contribution is 7.47. The van der Waals surface area contributed by atoms with Crippen molar-refractivity contribution in [3.63, 3.8) is 0 Å². The molecule has 5 unspecified atom stereocenters. The summed E-state index contributed by atoms with van der Waals surface area (Å²) in [6, 6.07) is 0. The van der Waals surface area contributed by atoms with Crippen molar-refractivity contribution in [3.05, 3.63) is 11.4 Å². The van der Waals surface area contributed by atoms with Gasteiger partial charge in [-0.05, 0) is 0 Å². The average Bonchev–Trinajstić information content (AvgIpc) is 3.06. The maximum atomic E-state index is 11.6. The zero-order valence-electron chi connectivity index (χ0n) is 12.3. The minimum absolute atomic E-state index is 0.0412. The van der Waals surface area contributed by atoms with E-state index in [1.165, 1.54) is 10.9 Å². The number of nitrogens with zero attached hydrogens (tertiary/aromatic N) is 6. The number of aromatic nitrogens is 4. The number of nitrogen functional groups attached to an aromatic ring is 1. The molecule has 0 amide bonds. The predicted molar refractivity (Wildman–Crippen MR) is 79.0 cm³/mol. The van der Waals surface area contributed by atoms with Crippen LogP contribution in [0.4, 0.5) is 11.8 Å². The maximum absolute atomic E-state index is 11.6. The topological polar surface area (TPSA) is 195 Å². The number of anilines is 2. The van der Waals surface area contributed by atoms with Gasteiger partial charge in [0.25, 0.3) is 11.3 Å². The molecule has 5 atom stereocenters. The average molecular weight is 371 g/mol. The van der Waals surface area contributed by atoms with Crippen LogP contribution in [0.2, 0.25) is 0 Å². The van der Waals surface area contributed by atoms with Gasteiger partial charge in [0.1, 0.15) is 24.6 Å². The van der Waals surface area contributed by atoms with Gasteiger partial charge in [0, 0.05) is 5.43 Å². The molecule has 2 aliphatic heterocycles. The number of ether oxygens (including phenoxy) is 1. The summed E-state index contributed by atoms with van der Waals surface area (Å²) in [7, 11) is -4.26. The van der Waals surface area contributed by atoms with Crippen molar-refractivity contribution in [2.45, 2.75) is 24.5 Å². The van der Waals surface area contributed by atoms with E-state index in [4.69, 9.17) is 20.4 Å². The van der Waals surface area contributed by atoms with Gasteiger partial charge in [-0.15, -0.1) is 0 Å². The summed E-state index contributed by atoms with van der Waals surface area (Å²) < 4.78 is 28.1. The highest BCUT2D eigenvalue weighted by Gasteiger charge is 2.53. The van der Waals surface area contributed by atoms with Crippen molar-refractivity contribution in [2.24, 2.45) is 0 Å². The summed E-state index contributed by atoms with van der Waals surface area (Å²) in [5.74, 6) is 0.0228. The molecule has 2 aliphatic rings. The second-order valence-corrected chi connectivity index (χ2v) is 6.74. The summed E-state index contributed by atoms with van der Waals surface area (Å²) in [5.41, 5.74) is 8.36. The van der Waals surface area contributed by atoms with E-state index in [1.54, 1.807) is 0 Å². The van der Waals surface area contributed by atoms with Crippen LogP contribution in [0.1, 0.15) is 6.23 Å². The Bertz CT molecular complexity index is 928. The van der Waals surface area contributed by atoms with Crippen LogP contribution in [0.3, 0.4) is 0 Å². The van der Waals surface area contributed by atoms with E-state index in [2.05, 4.69) is 30.0 Å². The van der Waals surface area contributed by atoms with Gasteiger partial charge < -0.3 is 20.5 Å². The van der Waals surface area contributed by atoms with Gasteiger partial charge in [0.2, 0.25) is 0 Å². The number of hydrogen-bond donors (Lipinski definition) is 4. The smallest absolute Gasteiger partial charge is 0.386 e. The van der Waals surface area contributed by atoms with Gasteiger partial charge in [-0.2, -0.15) is 0 Å². The van der Waals surface area contributed by atoms with E-state index < -0.39 is 32.4 Å².